The first-order chi connectivity index (χ1) is 9.45. The molecule has 3 rings (SSSR count). The van der Waals surface area contributed by atoms with Gasteiger partial charge in [-0.2, -0.15) is 0 Å². The first-order valence-corrected chi connectivity index (χ1v) is 8.82. The summed E-state index contributed by atoms with van der Waals surface area (Å²) in [6.07, 6.45) is 7.29. The average molecular weight is 292 g/mol. The van der Waals surface area contributed by atoms with Crippen LogP contribution in [0.3, 0.4) is 0 Å². The van der Waals surface area contributed by atoms with Crippen LogP contribution in [0.5, 0.6) is 0 Å². The van der Waals surface area contributed by atoms with Crippen molar-refractivity contribution < 1.29 is 8.42 Å². The van der Waals surface area contributed by atoms with Crippen LogP contribution in [0.25, 0.3) is 5.52 Å². The van der Waals surface area contributed by atoms with Gasteiger partial charge in [-0.3, -0.25) is 0 Å². The normalized spacial score (nSPS) is 18.7. The second-order valence-electron chi connectivity index (χ2n) is 5.71. The summed E-state index contributed by atoms with van der Waals surface area (Å²) < 4.78 is 26.9. The molecule has 0 aliphatic carbocycles. The van der Waals surface area contributed by atoms with Gasteiger partial charge in [-0.05, 0) is 48.9 Å². The van der Waals surface area contributed by atoms with Crippen LogP contribution in [-0.2, 0) is 10.0 Å². The van der Waals surface area contributed by atoms with Gasteiger partial charge in [0.15, 0.2) is 0 Å². The van der Waals surface area contributed by atoms with E-state index in [1.165, 1.54) is 22.9 Å². The molecule has 3 heterocycles. The van der Waals surface area contributed by atoms with E-state index in [9.17, 15) is 8.42 Å². The quantitative estimate of drug-likeness (QED) is 0.853. The standard InChI is InChI=1S/C15H20N2O2S/c1-12-10-14(15-4-3-7-16(15)11-12)13-5-8-17(9-6-13)20(2,18)19/h3-4,7,10-11,13H,5-6,8-9H2,1-2H3. The zero-order chi connectivity index (χ0) is 14.3. The van der Waals surface area contributed by atoms with Crippen molar-refractivity contribution in [2.75, 3.05) is 19.3 Å². The van der Waals surface area contributed by atoms with Gasteiger partial charge in [0, 0.05) is 31.0 Å². The molecule has 0 bridgehead atoms. The third-order valence-corrected chi connectivity index (χ3v) is 5.47. The Hall–Kier alpha value is -1.33. The Bertz CT molecular complexity index is 725. The summed E-state index contributed by atoms with van der Waals surface area (Å²) in [6, 6.07) is 6.44. The van der Waals surface area contributed by atoms with Gasteiger partial charge in [0.25, 0.3) is 0 Å². The van der Waals surface area contributed by atoms with Gasteiger partial charge in [0.2, 0.25) is 10.0 Å². The lowest BCUT2D eigenvalue weighted by Crippen LogP contribution is -2.37. The summed E-state index contributed by atoms with van der Waals surface area (Å²) in [5.74, 6) is 0.449. The lowest BCUT2D eigenvalue weighted by atomic mass is 9.89. The Morgan fingerprint density at radius 2 is 1.95 bits per heavy atom. The minimum absolute atomic E-state index is 0.449. The molecule has 0 atom stereocenters. The highest BCUT2D eigenvalue weighted by Crippen LogP contribution is 2.32. The number of hydrogen-bond acceptors (Lipinski definition) is 2. The molecule has 1 saturated heterocycles. The number of aryl methyl sites for hydroxylation is 1. The fraction of sp³-hybridized carbons (Fsp3) is 0.467. The molecule has 2 aromatic rings. The van der Waals surface area contributed by atoms with Crippen molar-refractivity contribution >= 4 is 15.5 Å². The fourth-order valence-corrected chi connectivity index (χ4v) is 4.03. The van der Waals surface area contributed by atoms with E-state index in [-0.39, 0.29) is 0 Å². The number of hydrogen-bond donors (Lipinski definition) is 0. The maximum absolute atomic E-state index is 11.6. The fourth-order valence-electron chi connectivity index (χ4n) is 3.15. The van der Waals surface area contributed by atoms with Gasteiger partial charge in [0.05, 0.1) is 6.26 Å². The second-order valence-corrected chi connectivity index (χ2v) is 7.69. The van der Waals surface area contributed by atoms with Crippen LogP contribution in [0.4, 0.5) is 0 Å². The molecular weight excluding hydrogens is 272 g/mol. The van der Waals surface area contributed by atoms with E-state index in [4.69, 9.17) is 0 Å². The van der Waals surface area contributed by atoms with Crippen molar-refractivity contribution in [3.8, 4) is 0 Å². The van der Waals surface area contributed by atoms with Crippen molar-refractivity contribution in [1.29, 1.82) is 0 Å². The molecule has 0 aromatic carbocycles. The highest BCUT2D eigenvalue weighted by molar-refractivity contribution is 7.88. The molecule has 4 nitrogen and oxygen atoms in total. The minimum atomic E-state index is -3.04. The topological polar surface area (TPSA) is 41.8 Å². The van der Waals surface area contributed by atoms with E-state index in [0.29, 0.717) is 19.0 Å². The maximum Gasteiger partial charge on any atom is 0.211 e. The van der Waals surface area contributed by atoms with Gasteiger partial charge in [-0.15, -0.1) is 0 Å². The average Bonchev–Trinajstić information content (AvgIpc) is 2.85. The van der Waals surface area contributed by atoms with E-state index in [2.05, 4.69) is 41.9 Å². The van der Waals surface area contributed by atoms with Gasteiger partial charge in [-0.25, -0.2) is 12.7 Å². The molecule has 2 aromatic heterocycles. The van der Waals surface area contributed by atoms with E-state index < -0.39 is 10.0 Å². The SMILES string of the molecule is Cc1cc(C2CCN(S(C)(=O)=O)CC2)c2cccn2c1. The number of piperidine rings is 1. The van der Waals surface area contributed by atoms with Crippen molar-refractivity contribution in [2.45, 2.75) is 25.7 Å². The molecule has 1 aliphatic heterocycles. The van der Waals surface area contributed by atoms with E-state index in [1.807, 2.05) is 0 Å². The molecule has 0 amide bonds. The van der Waals surface area contributed by atoms with Gasteiger partial charge in [0.1, 0.15) is 0 Å². The van der Waals surface area contributed by atoms with Crippen LogP contribution < -0.4 is 0 Å². The lowest BCUT2D eigenvalue weighted by Gasteiger charge is -2.31. The van der Waals surface area contributed by atoms with Gasteiger partial charge >= 0.3 is 0 Å². The molecule has 0 spiro atoms. The third kappa shape index (κ3) is 2.47. The van der Waals surface area contributed by atoms with E-state index >= 15 is 0 Å². The highest BCUT2D eigenvalue weighted by Gasteiger charge is 2.26. The summed E-state index contributed by atoms with van der Waals surface area (Å²) in [5.41, 5.74) is 3.84. The van der Waals surface area contributed by atoms with Crippen LogP contribution >= 0.6 is 0 Å². The van der Waals surface area contributed by atoms with Gasteiger partial charge < -0.3 is 4.40 Å². The molecule has 0 saturated carbocycles. The molecule has 20 heavy (non-hydrogen) atoms. The summed E-state index contributed by atoms with van der Waals surface area (Å²) in [5, 5.41) is 0. The summed E-state index contributed by atoms with van der Waals surface area (Å²) in [4.78, 5) is 0. The monoisotopic (exact) mass is 292 g/mol. The summed E-state index contributed by atoms with van der Waals surface area (Å²) in [6.45, 7) is 3.36. The number of nitrogens with zero attached hydrogens (tertiary/aromatic N) is 2. The van der Waals surface area contributed by atoms with Gasteiger partial charge in [-0.1, -0.05) is 6.07 Å². The van der Waals surface area contributed by atoms with E-state index in [0.717, 1.165) is 12.8 Å². The largest absolute Gasteiger partial charge is 0.323 e. The molecule has 1 aliphatic rings. The van der Waals surface area contributed by atoms with Crippen molar-refractivity contribution in [2.24, 2.45) is 0 Å². The Kier molecular flexibility index (Phi) is 3.34. The zero-order valence-electron chi connectivity index (χ0n) is 11.9. The van der Waals surface area contributed by atoms with Crippen LogP contribution in [0, 0.1) is 6.92 Å². The molecule has 5 heteroatoms. The van der Waals surface area contributed by atoms with Crippen molar-refractivity contribution in [3.05, 3.63) is 41.7 Å². The maximum atomic E-state index is 11.6. The molecular formula is C15H20N2O2S. The van der Waals surface area contributed by atoms with Crippen LogP contribution in [0.1, 0.15) is 29.9 Å². The third-order valence-electron chi connectivity index (χ3n) is 4.16. The molecule has 1 fully saturated rings. The van der Waals surface area contributed by atoms with Crippen molar-refractivity contribution in [3.63, 3.8) is 0 Å². The highest BCUT2D eigenvalue weighted by atomic mass is 32.2. The Labute approximate surface area is 120 Å². The number of pyridine rings is 1. The molecule has 108 valence electrons. The van der Waals surface area contributed by atoms with E-state index in [1.54, 1.807) is 4.31 Å². The zero-order valence-corrected chi connectivity index (χ0v) is 12.7. The Morgan fingerprint density at radius 1 is 1.25 bits per heavy atom. The first kappa shape index (κ1) is 13.6. The Balaban J connectivity index is 1.89. The molecule has 0 N–H and O–H groups in total. The van der Waals surface area contributed by atoms with Crippen LogP contribution in [0.15, 0.2) is 30.6 Å². The molecule has 0 radical (unpaired) electrons. The van der Waals surface area contributed by atoms with Crippen molar-refractivity contribution in [1.82, 2.24) is 8.71 Å². The number of sulfonamides is 1. The number of fused-ring (bicyclic) bond motifs is 1. The minimum Gasteiger partial charge on any atom is -0.323 e. The summed E-state index contributed by atoms with van der Waals surface area (Å²) >= 11 is 0. The lowest BCUT2D eigenvalue weighted by molar-refractivity contribution is 0.322. The predicted molar refractivity (Wildman–Crippen MR) is 80.5 cm³/mol. The van der Waals surface area contributed by atoms with Crippen LogP contribution in [0.2, 0.25) is 0 Å². The molecule has 0 unspecified atom stereocenters. The smallest absolute Gasteiger partial charge is 0.211 e. The second kappa shape index (κ2) is 4.90. The first-order valence-electron chi connectivity index (χ1n) is 6.97. The number of rotatable bonds is 2. The Morgan fingerprint density at radius 3 is 2.60 bits per heavy atom. The van der Waals surface area contributed by atoms with Crippen LogP contribution in [-0.4, -0.2) is 36.5 Å². The number of aromatic nitrogens is 1. The predicted octanol–water partition coefficient (Wildman–Crippen LogP) is 2.39. The summed E-state index contributed by atoms with van der Waals surface area (Å²) in [7, 11) is -3.04.